The third kappa shape index (κ3) is 2.80. The lowest BCUT2D eigenvalue weighted by atomic mass is 9.76. The van der Waals surface area contributed by atoms with E-state index in [-0.39, 0.29) is 18.0 Å². The van der Waals surface area contributed by atoms with E-state index in [1.54, 1.807) is 0 Å². The second-order valence-electron chi connectivity index (χ2n) is 7.46. The first-order valence-corrected chi connectivity index (χ1v) is 9.06. The molecule has 4 fully saturated rings. The molecule has 2 atom stereocenters. The van der Waals surface area contributed by atoms with Crippen molar-refractivity contribution >= 4 is 5.97 Å². The molecule has 0 aromatic rings. The fraction of sp³-hybridized carbons (Fsp3) is 0.941. The third-order valence-corrected chi connectivity index (χ3v) is 6.07. The Labute approximate surface area is 136 Å². The molecule has 4 rings (SSSR count). The normalized spacial score (nSPS) is 35.7. The number of rotatable bonds is 2. The van der Waals surface area contributed by atoms with Gasteiger partial charge in [-0.3, -0.25) is 4.79 Å². The van der Waals surface area contributed by atoms with Crippen LogP contribution < -0.4 is 0 Å². The van der Waals surface area contributed by atoms with E-state index in [1.807, 2.05) is 0 Å². The van der Waals surface area contributed by atoms with Crippen LogP contribution in [0.3, 0.4) is 0 Å². The fourth-order valence-corrected chi connectivity index (χ4v) is 4.63. The largest absolute Gasteiger partial charge is 0.456 e. The van der Waals surface area contributed by atoms with Crippen LogP contribution >= 0.6 is 0 Å². The number of hydrogen-bond acceptors (Lipinski definition) is 6. The number of hydrogen-bond donors (Lipinski definition) is 0. The van der Waals surface area contributed by atoms with Gasteiger partial charge in [0.15, 0.2) is 6.10 Å². The molecule has 130 valence electrons. The SMILES string of the molecule is O=C(OC1COOC12CCCCC2)C1COOC12CCCCC2. The summed E-state index contributed by atoms with van der Waals surface area (Å²) in [5.74, 6) is -0.544. The molecule has 6 nitrogen and oxygen atoms in total. The van der Waals surface area contributed by atoms with Gasteiger partial charge in [0, 0.05) is 0 Å². The van der Waals surface area contributed by atoms with Crippen LogP contribution in [-0.4, -0.2) is 36.5 Å². The van der Waals surface area contributed by atoms with Crippen molar-refractivity contribution in [1.29, 1.82) is 0 Å². The molecule has 0 aromatic heterocycles. The van der Waals surface area contributed by atoms with Crippen molar-refractivity contribution in [3.05, 3.63) is 0 Å². The standard InChI is InChI=1S/C17H26O6/c18-15(13-11-19-22-16(13)7-3-1-4-8-16)21-14-12-20-23-17(14)9-5-2-6-10-17/h13-14H,1-12H2. The smallest absolute Gasteiger partial charge is 0.314 e. The minimum atomic E-state index is -0.477. The Morgan fingerprint density at radius 2 is 1.35 bits per heavy atom. The summed E-state index contributed by atoms with van der Waals surface area (Å²) in [6.07, 6.45) is 9.97. The number of carbonyl (C=O) groups is 1. The van der Waals surface area contributed by atoms with Crippen LogP contribution in [0, 0.1) is 5.92 Å². The van der Waals surface area contributed by atoms with Crippen molar-refractivity contribution in [2.24, 2.45) is 5.92 Å². The minimum Gasteiger partial charge on any atom is -0.456 e. The molecule has 2 saturated heterocycles. The summed E-state index contributed by atoms with van der Waals surface area (Å²) in [6.45, 7) is 0.618. The van der Waals surface area contributed by atoms with Gasteiger partial charge < -0.3 is 4.74 Å². The van der Waals surface area contributed by atoms with Crippen molar-refractivity contribution < 1.29 is 29.1 Å². The van der Waals surface area contributed by atoms with Crippen molar-refractivity contribution in [1.82, 2.24) is 0 Å². The molecule has 0 amide bonds. The van der Waals surface area contributed by atoms with Gasteiger partial charge in [-0.05, 0) is 25.7 Å². The first-order chi connectivity index (χ1) is 11.2. The predicted molar refractivity (Wildman–Crippen MR) is 79.1 cm³/mol. The van der Waals surface area contributed by atoms with Crippen LogP contribution in [0.1, 0.15) is 64.2 Å². The minimum absolute atomic E-state index is 0.214. The number of carbonyl (C=O) groups excluding carboxylic acids is 1. The highest BCUT2D eigenvalue weighted by Crippen LogP contribution is 2.44. The second kappa shape index (κ2) is 6.31. The predicted octanol–water partition coefficient (Wildman–Crippen LogP) is 2.84. The van der Waals surface area contributed by atoms with E-state index < -0.39 is 11.2 Å². The first kappa shape index (κ1) is 15.8. The maximum absolute atomic E-state index is 12.8. The quantitative estimate of drug-likeness (QED) is 0.574. The molecule has 2 aliphatic heterocycles. The highest BCUT2D eigenvalue weighted by molar-refractivity contribution is 5.74. The fourth-order valence-electron chi connectivity index (χ4n) is 4.63. The zero-order valence-electron chi connectivity index (χ0n) is 13.6. The van der Waals surface area contributed by atoms with Gasteiger partial charge in [-0.25, -0.2) is 19.6 Å². The Morgan fingerprint density at radius 1 is 0.783 bits per heavy atom. The Kier molecular flexibility index (Phi) is 4.34. The van der Waals surface area contributed by atoms with Gasteiger partial charge in [-0.2, -0.15) is 0 Å². The van der Waals surface area contributed by atoms with Gasteiger partial charge in [-0.15, -0.1) is 0 Å². The Balaban J connectivity index is 1.44. The van der Waals surface area contributed by atoms with Crippen molar-refractivity contribution in [2.75, 3.05) is 13.2 Å². The van der Waals surface area contributed by atoms with E-state index in [0.717, 1.165) is 51.4 Å². The molecule has 2 heterocycles. The number of esters is 1. The van der Waals surface area contributed by atoms with Crippen LogP contribution in [0.2, 0.25) is 0 Å². The van der Waals surface area contributed by atoms with Gasteiger partial charge in [0.1, 0.15) is 23.7 Å². The molecule has 0 bridgehead atoms. The summed E-state index contributed by atoms with van der Waals surface area (Å²) in [6, 6.07) is 0. The highest BCUT2D eigenvalue weighted by Gasteiger charge is 2.55. The molecule has 6 heteroatoms. The number of ether oxygens (including phenoxy) is 1. The summed E-state index contributed by atoms with van der Waals surface area (Å²) in [5.41, 5.74) is -0.913. The summed E-state index contributed by atoms with van der Waals surface area (Å²) in [4.78, 5) is 34.3. The Hall–Kier alpha value is -0.690. The van der Waals surface area contributed by atoms with Gasteiger partial charge in [0.2, 0.25) is 0 Å². The van der Waals surface area contributed by atoms with Gasteiger partial charge in [0.05, 0.1) is 6.61 Å². The molecule has 0 aromatic carbocycles. The molecule has 23 heavy (non-hydrogen) atoms. The molecular weight excluding hydrogens is 300 g/mol. The molecule has 0 N–H and O–H groups in total. The van der Waals surface area contributed by atoms with E-state index in [1.165, 1.54) is 12.8 Å². The van der Waals surface area contributed by atoms with E-state index in [0.29, 0.717) is 13.2 Å². The van der Waals surface area contributed by atoms with Crippen LogP contribution in [-0.2, 0) is 29.1 Å². The zero-order chi connectivity index (χ0) is 15.8. The van der Waals surface area contributed by atoms with E-state index in [2.05, 4.69) is 0 Å². The van der Waals surface area contributed by atoms with Crippen LogP contribution in [0.4, 0.5) is 0 Å². The lowest BCUT2D eigenvalue weighted by Gasteiger charge is -2.37. The zero-order valence-corrected chi connectivity index (χ0v) is 13.6. The summed E-state index contributed by atoms with van der Waals surface area (Å²) in [7, 11) is 0. The van der Waals surface area contributed by atoms with E-state index >= 15 is 0 Å². The van der Waals surface area contributed by atoms with Gasteiger partial charge >= 0.3 is 5.97 Å². The Morgan fingerprint density at radius 3 is 2.04 bits per heavy atom. The maximum atomic E-state index is 12.8. The molecule has 2 spiro atoms. The van der Waals surface area contributed by atoms with Crippen LogP contribution in [0.15, 0.2) is 0 Å². The van der Waals surface area contributed by atoms with Crippen molar-refractivity contribution in [2.45, 2.75) is 81.5 Å². The highest BCUT2D eigenvalue weighted by atomic mass is 17.2. The first-order valence-electron chi connectivity index (χ1n) is 9.06. The van der Waals surface area contributed by atoms with Crippen LogP contribution in [0.5, 0.6) is 0 Å². The third-order valence-electron chi connectivity index (χ3n) is 6.07. The summed E-state index contributed by atoms with van der Waals surface area (Å²) < 4.78 is 5.87. The van der Waals surface area contributed by atoms with E-state index in [4.69, 9.17) is 24.3 Å². The molecule has 2 aliphatic carbocycles. The molecule has 2 saturated carbocycles. The average molecular weight is 326 g/mol. The molecular formula is C17H26O6. The molecule has 4 aliphatic rings. The van der Waals surface area contributed by atoms with Crippen molar-refractivity contribution in [3.63, 3.8) is 0 Å². The molecule has 0 radical (unpaired) electrons. The Bertz CT molecular complexity index is 438. The summed E-state index contributed by atoms with van der Waals surface area (Å²) >= 11 is 0. The topological polar surface area (TPSA) is 63.2 Å². The molecule has 2 unspecified atom stereocenters. The lowest BCUT2D eigenvalue weighted by Crippen LogP contribution is -2.48. The average Bonchev–Trinajstić information content (AvgIpc) is 3.14. The monoisotopic (exact) mass is 326 g/mol. The summed E-state index contributed by atoms with van der Waals surface area (Å²) in [5, 5.41) is 0. The van der Waals surface area contributed by atoms with Crippen molar-refractivity contribution in [3.8, 4) is 0 Å². The second-order valence-corrected chi connectivity index (χ2v) is 7.46. The van der Waals surface area contributed by atoms with Gasteiger partial charge in [-0.1, -0.05) is 38.5 Å². The van der Waals surface area contributed by atoms with Crippen LogP contribution in [0.25, 0.3) is 0 Å². The maximum Gasteiger partial charge on any atom is 0.314 e. The lowest BCUT2D eigenvalue weighted by molar-refractivity contribution is -0.318. The van der Waals surface area contributed by atoms with Gasteiger partial charge in [0.25, 0.3) is 0 Å². The van der Waals surface area contributed by atoms with E-state index in [9.17, 15) is 4.79 Å².